The molecule has 6 heteroatoms. The second-order valence-electron chi connectivity index (χ2n) is 4.68. The molecule has 0 aliphatic carbocycles. The molecule has 3 rings (SSSR count). The molecule has 0 radical (unpaired) electrons. The SMILES string of the molecule is Cc1nc(Sc2nnc3n2CCCCC3)ccc1Br. The maximum absolute atomic E-state index is 4.55. The van der Waals surface area contributed by atoms with E-state index in [1.54, 1.807) is 11.8 Å². The predicted molar refractivity (Wildman–Crippen MR) is 78.4 cm³/mol. The topological polar surface area (TPSA) is 43.6 Å². The third-order valence-electron chi connectivity index (χ3n) is 3.27. The zero-order chi connectivity index (χ0) is 13.2. The van der Waals surface area contributed by atoms with Crippen molar-refractivity contribution in [3.63, 3.8) is 0 Å². The first-order valence-corrected chi connectivity index (χ1v) is 8.08. The molecule has 3 heterocycles. The predicted octanol–water partition coefficient (Wildman–Crippen LogP) is 3.62. The Balaban J connectivity index is 1.87. The number of aryl methyl sites for hydroxylation is 2. The summed E-state index contributed by atoms with van der Waals surface area (Å²) in [6.45, 7) is 3.03. The highest BCUT2D eigenvalue weighted by molar-refractivity contribution is 9.10. The molecule has 0 saturated heterocycles. The van der Waals surface area contributed by atoms with E-state index in [9.17, 15) is 0 Å². The van der Waals surface area contributed by atoms with Crippen LogP contribution in [0.3, 0.4) is 0 Å². The highest BCUT2D eigenvalue weighted by Gasteiger charge is 2.16. The number of rotatable bonds is 2. The zero-order valence-corrected chi connectivity index (χ0v) is 13.2. The van der Waals surface area contributed by atoms with Gasteiger partial charge >= 0.3 is 0 Å². The summed E-state index contributed by atoms with van der Waals surface area (Å²) < 4.78 is 3.29. The van der Waals surface area contributed by atoms with Gasteiger partial charge in [-0.3, -0.25) is 0 Å². The zero-order valence-electron chi connectivity index (χ0n) is 10.8. The number of hydrogen-bond donors (Lipinski definition) is 0. The summed E-state index contributed by atoms with van der Waals surface area (Å²) in [7, 11) is 0. The lowest BCUT2D eigenvalue weighted by atomic mass is 10.2. The van der Waals surface area contributed by atoms with Gasteiger partial charge < -0.3 is 4.57 Å². The van der Waals surface area contributed by atoms with Gasteiger partial charge in [-0.15, -0.1) is 10.2 Å². The Bertz CT molecular complexity index is 596. The van der Waals surface area contributed by atoms with Gasteiger partial charge in [-0.25, -0.2) is 4.98 Å². The second kappa shape index (κ2) is 5.63. The highest BCUT2D eigenvalue weighted by atomic mass is 79.9. The molecule has 19 heavy (non-hydrogen) atoms. The number of nitrogens with zero attached hydrogens (tertiary/aromatic N) is 4. The smallest absolute Gasteiger partial charge is 0.197 e. The first kappa shape index (κ1) is 13.1. The van der Waals surface area contributed by atoms with Crippen LogP contribution in [0.25, 0.3) is 0 Å². The molecule has 0 unspecified atom stereocenters. The van der Waals surface area contributed by atoms with Crippen LogP contribution in [-0.2, 0) is 13.0 Å². The van der Waals surface area contributed by atoms with E-state index in [4.69, 9.17) is 0 Å². The molecule has 0 spiro atoms. The molecule has 0 saturated carbocycles. The molecule has 4 nitrogen and oxygen atoms in total. The second-order valence-corrected chi connectivity index (χ2v) is 6.52. The number of aromatic nitrogens is 4. The van der Waals surface area contributed by atoms with E-state index < -0.39 is 0 Å². The Morgan fingerprint density at radius 2 is 2.11 bits per heavy atom. The molecule has 1 aliphatic rings. The van der Waals surface area contributed by atoms with Crippen LogP contribution in [-0.4, -0.2) is 19.7 Å². The van der Waals surface area contributed by atoms with Gasteiger partial charge in [-0.05, 0) is 59.6 Å². The van der Waals surface area contributed by atoms with E-state index in [1.165, 1.54) is 19.3 Å². The van der Waals surface area contributed by atoms with Crippen molar-refractivity contribution in [1.82, 2.24) is 19.7 Å². The Kier molecular flexibility index (Phi) is 3.88. The lowest BCUT2D eigenvalue weighted by Crippen LogP contribution is -2.02. The van der Waals surface area contributed by atoms with Crippen molar-refractivity contribution in [3.05, 3.63) is 28.1 Å². The maximum atomic E-state index is 4.55. The first-order valence-electron chi connectivity index (χ1n) is 6.47. The molecule has 1 aliphatic heterocycles. The monoisotopic (exact) mass is 338 g/mol. The summed E-state index contributed by atoms with van der Waals surface area (Å²) in [6, 6.07) is 4.05. The molecule has 0 aromatic carbocycles. The van der Waals surface area contributed by atoms with E-state index in [2.05, 4.69) is 35.7 Å². The molecule has 0 atom stereocenters. The van der Waals surface area contributed by atoms with Crippen LogP contribution >= 0.6 is 27.7 Å². The fraction of sp³-hybridized carbons (Fsp3) is 0.462. The minimum atomic E-state index is 0.964. The van der Waals surface area contributed by atoms with Crippen molar-refractivity contribution in [2.24, 2.45) is 0 Å². The third-order valence-corrected chi connectivity index (χ3v) is 5.03. The van der Waals surface area contributed by atoms with Gasteiger partial charge in [0.15, 0.2) is 5.16 Å². The Morgan fingerprint density at radius 3 is 2.95 bits per heavy atom. The minimum absolute atomic E-state index is 0.964. The average molecular weight is 339 g/mol. The van der Waals surface area contributed by atoms with E-state index in [1.807, 2.05) is 19.1 Å². The molecule has 0 fully saturated rings. The number of hydrogen-bond acceptors (Lipinski definition) is 4. The third kappa shape index (κ3) is 2.84. The summed E-state index contributed by atoms with van der Waals surface area (Å²) in [6.07, 6.45) is 4.76. The summed E-state index contributed by atoms with van der Waals surface area (Å²) in [5.74, 6) is 1.12. The molecule has 0 amide bonds. The lowest BCUT2D eigenvalue weighted by molar-refractivity contribution is 0.590. The fourth-order valence-corrected chi connectivity index (χ4v) is 3.32. The van der Waals surface area contributed by atoms with E-state index in [-0.39, 0.29) is 0 Å². The highest BCUT2D eigenvalue weighted by Crippen LogP contribution is 2.28. The standard InChI is InChI=1S/C13H15BrN4S/c1-9-10(14)6-7-12(15-9)19-13-17-16-11-5-3-2-4-8-18(11)13/h6-7H,2-5,8H2,1H3. The number of halogens is 1. The molecule has 0 bridgehead atoms. The van der Waals surface area contributed by atoms with Crippen LogP contribution in [0.1, 0.15) is 30.8 Å². The Morgan fingerprint density at radius 1 is 1.21 bits per heavy atom. The largest absolute Gasteiger partial charge is 0.306 e. The maximum Gasteiger partial charge on any atom is 0.197 e. The van der Waals surface area contributed by atoms with E-state index >= 15 is 0 Å². The van der Waals surface area contributed by atoms with Crippen molar-refractivity contribution < 1.29 is 0 Å². The van der Waals surface area contributed by atoms with Gasteiger partial charge in [-0.2, -0.15) is 0 Å². The van der Waals surface area contributed by atoms with Crippen molar-refractivity contribution >= 4 is 27.7 Å². The van der Waals surface area contributed by atoms with Gasteiger partial charge in [0.1, 0.15) is 10.9 Å². The molecule has 2 aromatic heterocycles. The van der Waals surface area contributed by atoms with Crippen LogP contribution in [0.15, 0.2) is 26.8 Å². The molecular weight excluding hydrogens is 324 g/mol. The van der Waals surface area contributed by atoms with Gasteiger partial charge in [0, 0.05) is 17.4 Å². The van der Waals surface area contributed by atoms with E-state index in [0.717, 1.165) is 39.1 Å². The normalized spacial score (nSPS) is 15.1. The Hall–Kier alpha value is -0.880. The van der Waals surface area contributed by atoms with Crippen molar-refractivity contribution in [2.75, 3.05) is 0 Å². The number of fused-ring (bicyclic) bond motifs is 1. The number of pyridine rings is 1. The van der Waals surface area contributed by atoms with Gasteiger partial charge in [0.05, 0.1) is 5.69 Å². The summed E-state index contributed by atoms with van der Waals surface area (Å²) in [4.78, 5) is 4.55. The lowest BCUT2D eigenvalue weighted by Gasteiger charge is -2.06. The summed E-state index contributed by atoms with van der Waals surface area (Å²) >= 11 is 5.07. The van der Waals surface area contributed by atoms with Crippen LogP contribution in [0.5, 0.6) is 0 Å². The summed E-state index contributed by atoms with van der Waals surface area (Å²) in [5.41, 5.74) is 1.00. The van der Waals surface area contributed by atoms with Gasteiger partial charge in [-0.1, -0.05) is 6.42 Å². The quantitative estimate of drug-likeness (QED) is 0.838. The van der Waals surface area contributed by atoms with Crippen molar-refractivity contribution in [1.29, 1.82) is 0 Å². The van der Waals surface area contributed by atoms with Crippen LogP contribution in [0.2, 0.25) is 0 Å². The van der Waals surface area contributed by atoms with Crippen LogP contribution in [0, 0.1) is 6.92 Å². The molecular formula is C13H15BrN4S. The van der Waals surface area contributed by atoms with Gasteiger partial charge in [0.25, 0.3) is 0 Å². The fourth-order valence-electron chi connectivity index (χ4n) is 2.21. The van der Waals surface area contributed by atoms with E-state index in [0.29, 0.717) is 0 Å². The van der Waals surface area contributed by atoms with Crippen LogP contribution < -0.4 is 0 Å². The minimum Gasteiger partial charge on any atom is -0.306 e. The molecule has 100 valence electrons. The summed E-state index contributed by atoms with van der Waals surface area (Å²) in [5, 5.41) is 10.6. The Labute approximate surface area is 125 Å². The first-order chi connectivity index (χ1) is 9.24. The van der Waals surface area contributed by atoms with Crippen molar-refractivity contribution in [3.8, 4) is 0 Å². The molecule has 0 N–H and O–H groups in total. The molecule has 2 aromatic rings. The average Bonchev–Trinajstić information content (AvgIpc) is 2.63. The van der Waals surface area contributed by atoms with Crippen LogP contribution in [0.4, 0.5) is 0 Å². The van der Waals surface area contributed by atoms with Crippen molar-refractivity contribution in [2.45, 2.75) is 49.3 Å². The van der Waals surface area contributed by atoms with Gasteiger partial charge in [0.2, 0.25) is 0 Å².